The topological polar surface area (TPSA) is 35.0 Å². The summed E-state index contributed by atoms with van der Waals surface area (Å²) in [6.45, 7) is 2.95. The van der Waals surface area contributed by atoms with Crippen LogP contribution < -0.4 is 0 Å². The molecule has 17 heavy (non-hydrogen) atoms. The van der Waals surface area contributed by atoms with Crippen LogP contribution in [0.5, 0.6) is 0 Å². The number of aromatic nitrogens is 2. The van der Waals surface area contributed by atoms with Gasteiger partial charge in [0.05, 0.1) is 5.69 Å². The summed E-state index contributed by atoms with van der Waals surface area (Å²) in [7, 11) is 0. The SMILES string of the molecule is CCOCc1nc(Cl)cc(-c2ccccc2)n1. The number of hydrogen-bond donors (Lipinski definition) is 0. The molecule has 0 atom stereocenters. The lowest BCUT2D eigenvalue weighted by Crippen LogP contribution is -2.00. The number of ether oxygens (including phenoxy) is 1. The van der Waals surface area contributed by atoms with Gasteiger partial charge in [0, 0.05) is 18.2 Å². The molecule has 1 aromatic heterocycles. The van der Waals surface area contributed by atoms with E-state index in [9.17, 15) is 0 Å². The smallest absolute Gasteiger partial charge is 0.156 e. The van der Waals surface area contributed by atoms with Crippen molar-refractivity contribution in [1.29, 1.82) is 0 Å². The van der Waals surface area contributed by atoms with Gasteiger partial charge in [0.15, 0.2) is 5.82 Å². The van der Waals surface area contributed by atoms with E-state index in [1.54, 1.807) is 6.07 Å². The van der Waals surface area contributed by atoms with Crippen LogP contribution in [0.3, 0.4) is 0 Å². The molecule has 0 fully saturated rings. The zero-order valence-corrected chi connectivity index (χ0v) is 10.3. The summed E-state index contributed by atoms with van der Waals surface area (Å²) in [5.74, 6) is 0.609. The second-order valence-electron chi connectivity index (χ2n) is 3.50. The Bertz CT molecular complexity index is 488. The van der Waals surface area contributed by atoms with Crippen LogP contribution in [-0.2, 0) is 11.3 Å². The molecule has 0 saturated carbocycles. The number of halogens is 1. The quantitative estimate of drug-likeness (QED) is 0.779. The summed E-state index contributed by atoms with van der Waals surface area (Å²) in [5, 5.41) is 0.438. The molecule has 0 aliphatic heterocycles. The minimum absolute atomic E-state index is 0.386. The highest BCUT2D eigenvalue weighted by atomic mass is 35.5. The Hall–Kier alpha value is -1.45. The van der Waals surface area contributed by atoms with Crippen molar-refractivity contribution >= 4 is 11.6 Å². The molecule has 0 aliphatic rings. The monoisotopic (exact) mass is 248 g/mol. The van der Waals surface area contributed by atoms with Crippen molar-refractivity contribution in [2.75, 3.05) is 6.61 Å². The fourth-order valence-electron chi connectivity index (χ4n) is 1.48. The van der Waals surface area contributed by atoms with Gasteiger partial charge in [-0.25, -0.2) is 9.97 Å². The van der Waals surface area contributed by atoms with Crippen LogP contribution in [0.2, 0.25) is 5.15 Å². The largest absolute Gasteiger partial charge is 0.374 e. The molecule has 0 bridgehead atoms. The molecule has 4 heteroatoms. The van der Waals surface area contributed by atoms with Crippen molar-refractivity contribution < 1.29 is 4.74 Å². The predicted octanol–water partition coefficient (Wildman–Crippen LogP) is 3.33. The van der Waals surface area contributed by atoms with Gasteiger partial charge >= 0.3 is 0 Å². The van der Waals surface area contributed by atoms with Crippen molar-refractivity contribution in [1.82, 2.24) is 9.97 Å². The second-order valence-corrected chi connectivity index (χ2v) is 3.88. The highest BCUT2D eigenvalue weighted by Gasteiger charge is 2.05. The summed E-state index contributed by atoms with van der Waals surface area (Å²) in [4.78, 5) is 8.55. The summed E-state index contributed by atoms with van der Waals surface area (Å²) in [6, 6.07) is 11.6. The van der Waals surface area contributed by atoms with Gasteiger partial charge in [0.25, 0.3) is 0 Å². The summed E-state index contributed by atoms with van der Waals surface area (Å²) < 4.78 is 5.28. The lowest BCUT2D eigenvalue weighted by atomic mass is 10.1. The highest BCUT2D eigenvalue weighted by molar-refractivity contribution is 6.29. The van der Waals surface area contributed by atoms with Gasteiger partial charge in [-0.15, -0.1) is 0 Å². The number of rotatable bonds is 4. The summed E-state index contributed by atoms with van der Waals surface area (Å²) in [6.07, 6.45) is 0. The Balaban J connectivity index is 2.32. The Labute approximate surface area is 105 Å². The Kier molecular flexibility index (Phi) is 4.07. The average molecular weight is 249 g/mol. The van der Waals surface area contributed by atoms with E-state index in [2.05, 4.69) is 9.97 Å². The highest BCUT2D eigenvalue weighted by Crippen LogP contribution is 2.19. The first kappa shape index (κ1) is 12.0. The van der Waals surface area contributed by atoms with E-state index in [1.807, 2.05) is 37.3 Å². The maximum Gasteiger partial charge on any atom is 0.156 e. The van der Waals surface area contributed by atoms with Gasteiger partial charge in [-0.1, -0.05) is 41.9 Å². The van der Waals surface area contributed by atoms with E-state index in [-0.39, 0.29) is 0 Å². The fourth-order valence-corrected chi connectivity index (χ4v) is 1.68. The van der Waals surface area contributed by atoms with Crippen molar-refractivity contribution in [3.63, 3.8) is 0 Å². The third kappa shape index (κ3) is 3.25. The van der Waals surface area contributed by atoms with E-state index in [4.69, 9.17) is 16.3 Å². The van der Waals surface area contributed by atoms with Crippen molar-refractivity contribution in [2.24, 2.45) is 0 Å². The molecule has 1 heterocycles. The van der Waals surface area contributed by atoms with Gasteiger partial charge < -0.3 is 4.74 Å². The Morgan fingerprint density at radius 2 is 1.94 bits per heavy atom. The summed E-state index contributed by atoms with van der Waals surface area (Å²) in [5.41, 5.74) is 1.84. The molecule has 3 nitrogen and oxygen atoms in total. The third-order valence-electron chi connectivity index (χ3n) is 2.25. The van der Waals surface area contributed by atoms with Gasteiger partial charge in [0.1, 0.15) is 11.8 Å². The molecule has 0 amide bonds. The van der Waals surface area contributed by atoms with Crippen LogP contribution in [0.1, 0.15) is 12.7 Å². The molecule has 2 aromatic rings. The van der Waals surface area contributed by atoms with Gasteiger partial charge in [-0.3, -0.25) is 0 Å². The van der Waals surface area contributed by atoms with Gasteiger partial charge in [0.2, 0.25) is 0 Å². The van der Waals surface area contributed by atoms with E-state index < -0.39 is 0 Å². The van der Waals surface area contributed by atoms with E-state index in [1.165, 1.54) is 0 Å². The molecule has 0 spiro atoms. The van der Waals surface area contributed by atoms with Gasteiger partial charge in [-0.2, -0.15) is 0 Å². The first-order chi connectivity index (χ1) is 8.29. The normalized spacial score (nSPS) is 10.5. The van der Waals surface area contributed by atoms with Crippen molar-refractivity contribution in [3.8, 4) is 11.3 Å². The first-order valence-electron chi connectivity index (χ1n) is 5.46. The molecule has 0 unspecified atom stereocenters. The van der Waals surface area contributed by atoms with Crippen LogP contribution in [0, 0.1) is 0 Å². The number of benzene rings is 1. The zero-order chi connectivity index (χ0) is 12.1. The number of nitrogens with zero attached hydrogens (tertiary/aromatic N) is 2. The van der Waals surface area contributed by atoms with Gasteiger partial charge in [-0.05, 0) is 6.92 Å². The molecule has 2 rings (SSSR count). The van der Waals surface area contributed by atoms with Crippen molar-refractivity contribution in [3.05, 3.63) is 47.4 Å². The lowest BCUT2D eigenvalue weighted by molar-refractivity contribution is 0.128. The lowest BCUT2D eigenvalue weighted by Gasteiger charge is -2.05. The Morgan fingerprint density at radius 1 is 1.18 bits per heavy atom. The number of hydrogen-bond acceptors (Lipinski definition) is 3. The summed E-state index contributed by atoms with van der Waals surface area (Å²) >= 11 is 5.97. The molecule has 0 N–H and O–H groups in total. The maximum absolute atomic E-state index is 5.97. The minimum Gasteiger partial charge on any atom is -0.374 e. The van der Waals surface area contributed by atoms with E-state index in [0.29, 0.717) is 24.2 Å². The fraction of sp³-hybridized carbons (Fsp3) is 0.231. The van der Waals surface area contributed by atoms with Crippen LogP contribution >= 0.6 is 11.6 Å². The molecule has 0 saturated heterocycles. The molecular formula is C13H13ClN2O. The molecule has 0 radical (unpaired) electrons. The maximum atomic E-state index is 5.97. The molecule has 0 aliphatic carbocycles. The van der Waals surface area contributed by atoms with Crippen LogP contribution in [0.4, 0.5) is 0 Å². The van der Waals surface area contributed by atoms with E-state index in [0.717, 1.165) is 11.3 Å². The first-order valence-corrected chi connectivity index (χ1v) is 5.84. The van der Waals surface area contributed by atoms with Crippen molar-refractivity contribution in [2.45, 2.75) is 13.5 Å². The molecular weight excluding hydrogens is 236 g/mol. The molecule has 1 aromatic carbocycles. The standard InChI is InChI=1S/C13H13ClN2O/c1-2-17-9-13-15-11(8-12(14)16-13)10-6-4-3-5-7-10/h3-8H,2,9H2,1H3. The predicted molar refractivity (Wildman–Crippen MR) is 67.8 cm³/mol. The molecule has 88 valence electrons. The zero-order valence-electron chi connectivity index (χ0n) is 9.56. The van der Waals surface area contributed by atoms with Crippen LogP contribution in [0.15, 0.2) is 36.4 Å². The van der Waals surface area contributed by atoms with Crippen LogP contribution in [-0.4, -0.2) is 16.6 Å². The Morgan fingerprint density at radius 3 is 2.65 bits per heavy atom. The third-order valence-corrected chi connectivity index (χ3v) is 2.44. The van der Waals surface area contributed by atoms with Crippen LogP contribution in [0.25, 0.3) is 11.3 Å². The minimum atomic E-state index is 0.386. The average Bonchev–Trinajstić information content (AvgIpc) is 2.37. The van der Waals surface area contributed by atoms with E-state index >= 15 is 0 Å². The second kappa shape index (κ2) is 5.75.